The molecule has 1 aromatic heterocycles. The zero-order chi connectivity index (χ0) is 23.7. The van der Waals surface area contributed by atoms with Crippen molar-refractivity contribution in [2.24, 2.45) is 0 Å². The molecule has 2 aliphatic heterocycles. The van der Waals surface area contributed by atoms with Crippen LogP contribution in [0.3, 0.4) is 0 Å². The highest BCUT2D eigenvalue weighted by Crippen LogP contribution is 2.30. The van der Waals surface area contributed by atoms with E-state index in [-0.39, 0.29) is 0 Å². The van der Waals surface area contributed by atoms with Crippen LogP contribution in [0, 0.1) is 0 Å². The van der Waals surface area contributed by atoms with Gasteiger partial charge in [-0.25, -0.2) is 0 Å². The van der Waals surface area contributed by atoms with Crippen molar-refractivity contribution in [3.05, 3.63) is 83.9 Å². The van der Waals surface area contributed by atoms with E-state index in [2.05, 4.69) is 46.7 Å². The monoisotopic (exact) mass is 456 g/mol. The van der Waals surface area contributed by atoms with E-state index in [1.165, 1.54) is 12.0 Å². The lowest BCUT2D eigenvalue weighted by Crippen LogP contribution is -2.36. The number of hydrogen-bond acceptors (Lipinski definition) is 6. The van der Waals surface area contributed by atoms with Gasteiger partial charge in [-0.3, -0.25) is 19.8 Å². The Kier molecular flexibility index (Phi) is 6.04. The van der Waals surface area contributed by atoms with Crippen LogP contribution in [0.2, 0.25) is 0 Å². The smallest absolute Gasteiger partial charge is 0.260 e. The minimum absolute atomic E-state index is 0.390. The molecule has 1 unspecified atom stereocenters. The van der Waals surface area contributed by atoms with Gasteiger partial charge in [0.25, 0.3) is 11.8 Å². The second-order valence-electron chi connectivity index (χ2n) is 9.10. The summed E-state index contributed by atoms with van der Waals surface area (Å²) in [5.74, 6) is -0.811. The zero-order valence-electron chi connectivity index (χ0n) is 19.4. The van der Waals surface area contributed by atoms with E-state index in [1.807, 2.05) is 30.3 Å². The Bertz CT molecular complexity index is 1230. The number of imide groups is 1. The van der Waals surface area contributed by atoms with Gasteiger partial charge in [0, 0.05) is 54.3 Å². The molecule has 3 heterocycles. The number of furan rings is 1. The van der Waals surface area contributed by atoms with Crippen LogP contribution in [0.15, 0.2) is 71.7 Å². The van der Waals surface area contributed by atoms with Crippen LogP contribution < -0.4 is 10.6 Å². The number of rotatable bonds is 6. The third-order valence-electron chi connectivity index (χ3n) is 6.60. The highest BCUT2D eigenvalue weighted by molar-refractivity contribution is 6.31. The van der Waals surface area contributed by atoms with Crippen molar-refractivity contribution < 1.29 is 14.0 Å². The molecule has 0 aliphatic carbocycles. The van der Waals surface area contributed by atoms with Gasteiger partial charge in [-0.2, -0.15) is 0 Å². The fourth-order valence-electron chi connectivity index (χ4n) is 4.57. The Morgan fingerprint density at radius 1 is 1.06 bits per heavy atom. The molecule has 5 rings (SSSR count). The quantitative estimate of drug-likeness (QED) is 0.434. The summed E-state index contributed by atoms with van der Waals surface area (Å²) < 4.78 is 5.18. The Labute approximate surface area is 199 Å². The van der Waals surface area contributed by atoms with Gasteiger partial charge in [-0.15, -0.1) is 0 Å². The Hall–Kier alpha value is -3.68. The maximum Gasteiger partial charge on any atom is 0.260 e. The number of carbonyl (C=O) groups is 2. The molecule has 2 aromatic carbocycles. The molecule has 174 valence electrons. The summed E-state index contributed by atoms with van der Waals surface area (Å²) in [4.78, 5) is 29.8. The molecule has 0 bridgehead atoms. The van der Waals surface area contributed by atoms with Gasteiger partial charge >= 0.3 is 0 Å². The maximum atomic E-state index is 12.6. The van der Waals surface area contributed by atoms with Crippen molar-refractivity contribution in [2.45, 2.75) is 19.0 Å². The van der Waals surface area contributed by atoms with Crippen LogP contribution in [0.25, 0.3) is 16.7 Å². The molecule has 2 amide bonds. The molecular formula is C27H28N4O3. The summed E-state index contributed by atoms with van der Waals surface area (Å²) in [6, 6.07) is 16.2. The zero-order valence-corrected chi connectivity index (χ0v) is 19.4. The first kappa shape index (κ1) is 22.1. The van der Waals surface area contributed by atoms with Crippen molar-refractivity contribution >= 4 is 23.1 Å². The predicted octanol–water partition coefficient (Wildman–Crippen LogP) is 3.81. The summed E-state index contributed by atoms with van der Waals surface area (Å²) in [7, 11) is 4.28. The van der Waals surface area contributed by atoms with E-state index in [0.717, 1.165) is 36.4 Å². The van der Waals surface area contributed by atoms with E-state index in [1.54, 1.807) is 24.8 Å². The number of hydrogen-bond donors (Lipinski definition) is 2. The maximum absolute atomic E-state index is 12.6. The minimum Gasteiger partial charge on any atom is -0.472 e. The molecule has 1 atom stereocenters. The van der Waals surface area contributed by atoms with E-state index < -0.39 is 11.8 Å². The molecule has 0 saturated carbocycles. The number of carbonyl (C=O) groups excluding carboxylic acids is 2. The first-order valence-electron chi connectivity index (χ1n) is 11.4. The third-order valence-corrected chi connectivity index (χ3v) is 6.60. The van der Waals surface area contributed by atoms with Crippen LogP contribution in [-0.2, 0) is 11.3 Å². The third kappa shape index (κ3) is 4.53. The second-order valence-corrected chi connectivity index (χ2v) is 9.10. The second kappa shape index (κ2) is 9.29. The number of anilines is 1. The van der Waals surface area contributed by atoms with Crippen LogP contribution in [0.4, 0.5) is 5.69 Å². The van der Waals surface area contributed by atoms with Crippen LogP contribution >= 0.6 is 0 Å². The number of likely N-dealkylation sites (N-methyl/N-ethyl adjacent to an activating group) is 1. The molecule has 3 aromatic rings. The molecular weight excluding hydrogens is 428 g/mol. The lowest BCUT2D eigenvalue weighted by Gasteiger charge is -2.20. The molecule has 0 radical (unpaired) electrons. The van der Waals surface area contributed by atoms with E-state index >= 15 is 0 Å². The molecule has 1 fully saturated rings. The molecule has 2 N–H and O–H groups in total. The molecule has 0 spiro atoms. The van der Waals surface area contributed by atoms with Gasteiger partial charge in [-0.05, 0) is 62.0 Å². The fraction of sp³-hybridized carbons (Fsp3) is 0.259. The molecule has 7 nitrogen and oxygen atoms in total. The van der Waals surface area contributed by atoms with E-state index in [0.29, 0.717) is 22.7 Å². The number of fused-ring (bicyclic) bond motifs is 1. The average Bonchev–Trinajstić information content (AvgIpc) is 3.52. The van der Waals surface area contributed by atoms with Crippen molar-refractivity contribution in [2.75, 3.05) is 32.5 Å². The Morgan fingerprint density at radius 3 is 2.59 bits per heavy atom. The van der Waals surface area contributed by atoms with Gasteiger partial charge < -0.3 is 14.6 Å². The first-order chi connectivity index (χ1) is 16.5. The minimum atomic E-state index is -0.421. The summed E-state index contributed by atoms with van der Waals surface area (Å²) >= 11 is 0. The summed E-state index contributed by atoms with van der Waals surface area (Å²) in [6.07, 6.45) is 6.10. The topological polar surface area (TPSA) is 77.8 Å². The van der Waals surface area contributed by atoms with Gasteiger partial charge in [0.05, 0.1) is 18.1 Å². The van der Waals surface area contributed by atoms with Crippen LogP contribution in [0.5, 0.6) is 0 Å². The molecule has 34 heavy (non-hydrogen) atoms. The van der Waals surface area contributed by atoms with Crippen molar-refractivity contribution in [1.29, 1.82) is 0 Å². The molecule has 7 heteroatoms. The van der Waals surface area contributed by atoms with Crippen molar-refractivity contribution in [3.8, 4) is 11.1 Å². The highest BCUT2D eigenvalue weighted by Gasteiger charge is 2.28. The number of likely N-dealkylation sites (tertiary alicyclic amines) is 1. The summed E-state index contributed by atoms with van der Waals surface area (Å²) in [5, 5.41) is 5.65. The summed E-state index contributed by atoms with van der Waals surface area (Å²) in [5.41, 5.74) is 5.38. The Balaban J connectivity index is 1.32. The van der Waals surface area contributed by atoms with Gasteiger partial charge in [0.15, 0.2) is 0 Å². The Morgan fingerprint density at radius 2 is 1.88 bits per heavy atom. The SMILES string of the molecule is CN(C)C1CCN(Cc2ccc(NC=C3C(=O)NC(=O)c4ccc(-c5ccoc5)cc43)cc2)C1. The number of nitrogens with zero attached hydrogens (tertiary/aromatic N) is 2. The summed E-state index contributed by atoms with van der Waals surface area (Å²) in [6.45, 7) is 3.14. The first-order valence-corrected chi connectivity index (χ1v) is 11.4. The average molecular weight is 457 g/mol. The number of nitrogens with one attached hydrogen (secondary N) is 2. The van der Waals surface area contributed by atoms with Gasteiger partial charge in [0.1, 0.15) is 0 Å². The van der Waals surface area contributed by atoms with Gasteiger partial charge in [0.2, 0.25) is 0 Å². The predicted molar refractivity (Wildman–Crippen MR) is 132 cm³/mol. The fourth-order valence-corrected chi connectivity index (χ4v) is 4.57. The van der Waals surface area contributed by atoms with Crippen molar-refractivity contribution in [1.82, 2.24) is 15.1 Å². The molecule has 2 aliphatic rings. The lowest BCUT2D eigenvalue weighted by molar-refractivity contribution is -0.114. The number of benzene rings is 2. The normalized spacial score (nSPS) is 19.5. The van der Waals surface area contributed by atoms with Crippen LogP contribution in [0.1, 0.15) is 27.9 Å². The molecule has 1 saturated heterocycles. The van der Waals surface area contributed by atoms with Crippen LogP contribution in [-0.4, -0.2) is 54.8 Å². The number of amides is 2. The lowest BCUT2D eigenvalue weighted by atomic mass is 9.92. The van der Waals surface area contributed by atoms with Crippen molar-refractivity contribution in [3.63, 3.8) is 0 Å². The largest absolute Gasteiger partial charge is 0.472 e. The van der Waals surface area contributed by atoms with E-state index in [4.69, 9.17) is 4.42 Å². The van der Waals surface area contributed by atoms with E-state index in [9.17, 15) is 9.59 Å². The highest BCUT2D eigenvalue weighted by atomic mass is 16.3. The van der Waals surface area contributed by atoms with Gasteiger partial charge in [-0.1, -0.05) is 18.2 Å². The standard InChI is InChI=1S/C27H28N4O3/c1-30(2)22-9-11-31(16-22)15-18-3-6-21(7-4-18)28-14-25-24-13-19(20-10-12-34-17-20)5-8-23(24)26(32)29-27(25)33/h3-8,10,12-14,17,22,28H,9,11,15-16H2,1-2H3,(H,29,32,33).